The van der Waals surface area contributed by atoms with Crippen molar-refractivity contribution < 1.29 is 13.6 Å². The lowest BCUT2D eigenvalue weighted by Gasteiger charge is -2.25. The van der Waals surface area contributed by atoms with E-state index in [0.717, 1.165) is 54.2 Å². The van der Waals surface area contributed by atoms with E-state index in [1.165, 1.54) is 12.1 Å². The van der Waals surface area contributed by atoms with Crippen LogP contribution in [-0.4, -0.2) is 44.6 Å². The molecule has 202 valence electrons. The second-order valence-electron chi connectivity index (χ2n) is 11.5. The summed E-state index contributed by atoms with van der Waals surface area (Å²) < 4.78 is 31.3. The number of halogens is 2. The minimum absolute atomic E-state index is 0.0230. The molecule has 2 aliphatic rings. The van der Waals surface area contributed by atoms with Crippen molar-refractivity contribution in [3.63, 3.8) is 0 Å². The Kier molecular flexibility index (Phi) is 5.62. The number of hydrogen-bond acceptors (Lipinski definition) is 6. The van der Waals surface area contributed by atoms with Crippen molar-refractivity contribution in [1.82, 2.24) is 19.6 Å². The number of nitrogens with two attached hydrogens (primary N) is 1. The van der Waals surface area contributed by atoms with Crippen molar-refractivity contribution in [2.75, 3.05) is 23.3 Å². The number of aromatic nitrogens is 4. The Labute approximate surface area is 223 Å². The third-order valence-corrected chi connectivity index (χ3v) is 7.71. The zero-order chi connectivity index (χ0) is 27.7. The predicted octanol–water partition coefficient (Wildman–Crippen LogP) is 3.80. The molecule has 1 amide bonds. The number of fused-ring (bicyclic) bond motifs is 1. The summed E-state index contributed by atoms with van der Waals surface area (Å²) in [5.41, 5.74) is 7.02. The molecule has 3 heterocycles. The minimum Gasteiger partial charge on any atom is -0.367 e. The summed E-state index contributed by atoms with van der Waals surface area (Å²) in [6, 6.07) is 9.25. The fourth-order valence-electron chi connectivity index (χ4n) is 5.49. The highest BCUT2D eigenvalue weighted by Gasteiger charge is 2.54. The molecule has 0 unspecified atom stereocenters. The van der Waals surface area contributed by atoms with Crippen molar-refractivity contribution in [3.05, 3.63) is 76.3 Å². The van der Waals surface area contributed by atoms with E-state index in [-0.39, 0.29) is 22.7 Å². The van der Waals surface area contributed by atoms with Crippen molar-refractivity contribution >= 4 is 28.2 Å². The Bertz CT molecular complexity index is 1660. The van der Waals surface area contributed by atoms with Gasteiger partial charge in [-0.25, -0.2) is 8.78 Å². The third kappa shape index (κ3) is 4.17. The molecule has 39 heavy (non-hydrogen) atoms. The first-order valence-electron chi connectivity index (χ1n) is 12.9. The summed E-state index contributed by atoms with van der Waals surface area (Å²) in [6.45, 7) is 7.61. The lowest BCUT2D eigenvalue weighted by molar-refractivity contribution is 0.102. The van der Waals surface area contributed by atoms with Crippen LogP contribution in [0.4, 0.5) is 20.2 Å². The van der Waals surface area contributed by atoms with Gasteiger partial charge in [0.2, 0.25) is 0 Å². The predicted molar refractivity (Wildman–Crippen MR) is 144 cm³/mol. The van der Waals surface area contributed by atoms with Crippen molar-refractivity contribution in [2.45, 2.75) is 45.2 Å². The maximum absolute atomic E-state index is 14.4. The first kappa shape index (κ1) is 25.2. The van der Waals surface area contributed by atoms with Gasteiger partial charge in [0.1, 0.15) is 11.4 Å². The van der Waals surface area contributed by atoms with Gasteiger partial charge in [0.25, 0.3) is 11.5 Å². The highest BCUT2D eigenvalue weighted by atomic mass is 19.1. The van der Waals surface area contributed by atoms with Crippen LogP contribution in [0.3, 0.4) is 0 Å². The second-order valence-corrected chi connectivity index (χ2v) is 11.5. The molecule has 2 aromatic carbocycles. The number of nitrogens with zero attached hydrogens (tertiary/aromatic N) is 5. The number of amides is 1. The summed E-state index contributed by atoms with van der Waals surface area (Å²) in [5.74, 6) is -2.57. The molecule has 1 spiro atoms. The average molecular weight is 534 g/mol. The van der Waals surface area contributed by atoms with Gasteiger partial charge in [-0.15, -0.1) is 0 Å². The molecule has 1 atom stereocenters. The molecule has 11 heteroatoms. The number of anilines is 2. The lowest BCUT2D eigenvalue weighted by Crippen LogP contribution is -2.30. The number of nitrogens with one attached hydrogen (secondary N) is 1. The van der Waals surface area contributed by atoms with E-state index in [4.69, 9.17) is 5.73 Å². The summed E-state index contributed by atoms with van der Waals surface area (Å²) >= 11 is 0. The number of rotatable bonds is 4. The van der Waals surface area contributed by atoms with E-state index in [0.29, 0.717) is 16.9 Å². The largest absolute Gasteiger partial charge is 0.367 e. The number of para-hydroxylation sites is 1. The van der Waals surface area contributed by atoms with Gasteiger partial charge in [-0.05, 0) is 63.9 Å². The van der Waals surface area contributed by atoms with E-state index >= 15 is 0 Å². The molecule has 4 aromatic rings. The van der Waals surface area contributed by atoms with Gasteiger partial charge in [0.05, 0.1) is 28.6 Å². The first-order valence-corrected chi connectivity index (χ1v) is 12.9. The van der Waals surface area contributed by atoms with Gasteiger partial charge >= 0.3 is 0 Å². The number of benzene rings is 2. The van der Waals surface area contributed by atoms with E-state index in [1.54, 1.807) is 6.20 Å². The van der Waals surface area contributed by atoms with Crippen LogP contribution in [-0.2, 0) is 5.54 Å². The Morgan fingerprint density at radius 2 is 1.79 bits per heavy atom. The molecule has 0 radical (unpaired) electrons. The van der Waals surface area contributed by atoms with Gasteiger partial charge in [-0.1, -0.05) is 6.07 Å². The van der Waals surface area contributed by atoms with Crippen LogP contribution in [0.25, 0.3) is 16.6 Å². The van der Waals surface area contributed by atoms with Crippen molar-refractivity contribution in [3.8, 4) is 5.69 Å². The molecule has 9 nitrogen and oxygen atoms in total. The lowest BCUT2D eigenvalue weighted by atomic mass is 10.0. The number of carbonyl (C=O) groups excluding carboxylic acids is 1. The normalized spacial score (nSPS) is 18.2. The van der Waals surface area contributed by atoms with Gasteiger partial charge in [0, 0.05) is 36.0 Å². The first-order chi connectivity index (χ1) is 18.5. The topological polar surface area (TPSA) is 111 Å². The summed E-state index contributed by atoms with van der Waals surface area (Å²) in [6.07, 6.45) is 3.94. The van der Waals surface area contributed by atoms with E-state index in [9.17, 15) is 18.4 Å². The SMILES string of the molecule is CC(C)(C)n1ncc2c(N3C[C@H](N)C4(CC4)C3)c(NC(=O)c3ccc(=O)n(-c4c(F)cccc4F)n3)ccc21. The third-order valence-electron chi connectivity index (χ3n) is 7.71. The number of carbonyl (C=O) groups is 1. The molecule has 2 aromatic heterocycles. The minimum atomic E-state index is -0.967. The fraction of sp³-hybridized carbons (Fsp3) is 0.357. The highest BCUT2D eigenvalue weighted by Crippen LogP contribution is 2.54. The van der Waals surface area contributed by atoms with Crippen LogP contribution in [0.2, 0.25) is 0 Å². The zero-order valence-corrected chi connectivity index (χ0v) is 21.9. The second kappa shape index (κ2) is 8.70. The van der Waals surface area contributed by atoms with E-state index in [1.807, 2.05) is 16.8 Å². The van der Waals surface area contributed by atoms with Gasteiger partial charge in [0.15, 0.2) is 11.6 Å². The van der Waals surface area contributed by atoms with Gasteiger partial charge < -0.3 is 16.0 Å². The standard InChI is InChI=1S/C28H29F2N7O2/c1-27(2,3)37-21-9-7-19(24(16(21)13-32-37)35-14-22(31)28(15-35)11-12-28)33-26(39)20-8-10-23(38)36(34-20)25-17(29)5-4-6-18(25)30/h4-10,13,22H,11-12,14-15,31H2,1-3H3,(H,33,39)/t22-/m0/s1. The van der Waals surface area contributed by atoms with Crippen LogP contribution >= 0.6 is 0 Å². The molecule has 1 saturated carbocycles. The highest BCUT2D eigenvalue weighted by molar-refractivity contribution is 6.09. The molecule has 6 rings (SSSR count). The van der Waals surface area contributed by atoms with Crippen molar-refractivity contribution in [2.24, 2.45) is 11.1 Å². The molecular weight excluding hydrogens is 504 g/mol. The summed E-state index contributed by atoms with van der Waals surface area (Å²) in [7, 11) is 0. The van der Waals surface area contributed by atoms with Crippen LogP contribution in [0.1, 0.15) is 44.1 Å². The monoisotopic (exact) mass is 533 g/mol. The molecule has 1 aliphatic heterocycles. The zero-order valence-electron chi connectivity index (χ0n) is 21.9. The molecule has 3 N–H and O–H groups in total. The Morgan fingerprint density at radius 3 is 2.44 bits per heavy atom. The maximum atomic E-state index is 14.4. The van der Waals surface area contributed by atoms with E-state index < -0.39 is 28.8 Å². The molecule has 1 aliphatic carbocycles. The van der Waals surface area contributed by atoms with E-state index in [2.05, 4.69) is 41.2 Å². The number of hydrogen-bond donors (Lipinski definition) is 2. The quantitative estimate of drug-likeness (QED) is 0.413. The van der Waals surface area contributed by atoms with Crippen LogP contribution < -0.4 is 21.5 Å². The summed E-state index contributed by atoms with van der Waals surface area (Å²) in [5, 5.41) is 12.4. The van der Waals surface area contributed by atoms with Crippen molar-refractivity contribution in [1.29, 1.82) is 0 Å². The van der Waals surface area contributed by atoms with Gasteiger partial charge in [-0.3, -0.25) is 14.3 Å². The Hall–Kier alpha value is -4.12. The average Bonchev–Trinajstić information content (AvgIpc) is 3.39. The molecule has 0 bridgehead atoms. The molecule has 1 saturated heterocycles. The summed E-state index contributed by atoms with van der Waals surface area (Å²) in [4.78, 5) is 28.0. The Morgan fingerprint density at radius 1 is 1.08 bits per heavy atom. The van der Waals surface area contributed by atoms with Crippen LogP contribution in [0.5, 0.6) is 0 Å². The Balaban J connectivity index is 1.41. The smallest absolute Gasteiger partial charge is 0.276 e. The van der Waals surface area contributed by atoms with Crippen LogP contribution in [0, 0.1) is 17.0 Å². The van der Waals surface area contributed by atoms with Gasteiger partial charge in [-0.2, -0.15) is 14.9 Å². The maximum Gasteiger partial charge on any atom is 0.276 e. The van der Waals surface area contributed by atoms with Crippen LogP contribution in [0.15, 0.2) is 53.5 Å². The molecular formula is C28H29F2N7O2. The molecule has 2 fully saturated rings. The fourth-order valence-corrected chi connectivity index (χ4v) is 5.49.